The van der Waals surface area contributed by atoms with Crippen LogP contribution in [0.25, 0.3) is 0 Å². The van der Waals surface area contributed by atoms with Gasteiger partial charge in [0.15, 0.2) is 57.5 Å². The molecule has 0 spiro atoms. The largest absolute Gasteiger partial charge is 0.507 e. The molecular formula is C57H60O13. The van der Waals surface area contributed by atoms with E-state index in [2.05, 4.69) is 23.7 Å². The van der Waals surface area contributed by atoms with Crippen molar-refractivity contribution in [2.45, 2.75) is 126 Å². The van der Waals surface area contributed by atoms with Crippen molar-refractivity contribution >= 4 is 57.8 Å². The third kappa shape index (κ3) is 6.45. The van der Waals surface area contributed by atoms with Crippen LogP contribution in [0.5, 0.6) is 5.75 Å². The Balaban J connectivity index is 1.08. The molecule has 12 atom stereocenters. The van der Waals surface area contributed by atoms with Gasteiger partial charge in [0.05, 0.1) is 17.4 Å². The number of aryl methyl sites for hydroxylation is 1. The van der Waals surface area contributed by atoms with Crippen molar-refractivity contribution in [3.8, 4) is 29.4 Å². The van der Waals surface area contributed by atoms with Crippen LogP contribution in [0.2, 0.25) is 0 Å². The van der Waals surface area contributed by atoms with E-state index in [4.69, 9.17) is 0 Å². The predicted molar refractivity (Wildman–Crippen MR) is 252 cm³/mol. The highest BCUT2D eigenvalue weighted by atomic mass is 16.3. The molecule has 0 saturated heterocycles. The average molecular weight is 953 g/mol. The van der Waals surface area contributed by atoms with Gasteiger partial charge in [-0.2, -0.15) is 0 Å². The molecule has 4 fully saturated rings. The fourth-order valence-electron chi connectivity index (χ4n) is 15.1. The fourth-order valence-corrected chi connectivity index (χ4v) is 15.1. The van der Waals surface area contributed by atoms with Crippen molar-refractivity contribution in [1.29, 1.82) is 0 Å². The first-order valence-corrected chi connectivity index (χ1v) is 24.2. The quantitative estimate of drug-likeness (QED) is 0.197. The van der Waals surface area contributed by atoms with Crippen LogP contribution in [0.4, 0.5) is 0 Å². The van der Waals surface area contributed by atoms with E-state index in [0.717, 1.165) is 13.8 Å². The molecule has 2 aromatic carbocycles. The van der Waals surface area contributed by atoms with Crippen molar-refractivity contribution in [1.82, 2.24) is 0 Å². The number of carbonyl (C=O) groups excluding carboxylic acids is 10. The van der Waals surface area contributed by atoms with E-state index in [0.29, 0.717) is 27.8 Å². The topological polar surface area (TPSA) is 231 Å². The van der Waals surface area contributed by atoms with E-state index in [1.165, 1.54) is 13.0 Å². The molecular weight excluding hydrogens is 893 g/mol. The molecule has 0 bridgehead atoms. The summed E-state index contributed by atoms with van der Waals surface area (Å²) in [5.41, 5.74) is -8.47. The minimum Gasteiger partial charge on any atom is -0.507 e. The maximum absolute atomic E-state index is 14.7. The first-order chi connectivity index (χ1) is 32.4. The Hall–Kier alpha value is -6.02. The van der Waals surface area contributed by atoms with Crippen LogP contribution in [-0.4, -0.2) is 84.4 Å². The number of Topliss-reactive ketones (excluding diaryl/α,β-unsaturated/α-hetero) is 10. The van der Waals surface area contributed by atoms with Crippen molar-refractivity contribution in [2.24, 2.45) is 69.0 Å². The normalized spacial score (nSPS) is 36.4. The highest BCUT2D eigenvalue weighted by Gasteiger charge is 2.78. The number of hydrogen-bond acceptors (Lipinski definition) is 13. The molecule has 8 rings (SSSR count). The second kappa shape index (κ2) is 16.3. The van der Waals surface area contributed by atoms with E-state index in [1.807, 2.05) is 0 Å². The zero-order valence-electron chi connectivity index (χ0n) is 41.6. The van der Waals surface area contributed by atoms with Gasteiger partial charge in [0.2, 0.25) is 0 Å². The Bertz CT molecular complexity index is 2790. The van der Waals surface area contributed by atoms with E-state index >= 15 is 0 Å². The number of benzene rings is 2. The van der Waals surface area contributed by atoms with Crippen molar-refractivity contribution in [3.05, 3.63) is 63.2 Å². The Morgan fingerprint density at radius 2 is 0.971 bits per heavy atom. The Kier molecular flexibility index (Phi) is 11.7. The van der Waals surface area contributed by atoms with Crippen LogP contribution in [0.15, 0.2) is 24.3 Å². The lowest BCUT2D eigenvalue weighted by Gasteiger charge is -2.62. The second-order valence-corrected chi connectivity index (χ2v) is 23.0. The Morgan fingerprint density at radius 1 is 0.600 bits per heavy atom. The monoisotopic (exact) mass is 952 g/mol. The maximum Gasteiger partial charge on any atom is 0.190 e. The molecule has 0 aliphatic heterocycles. The van der Waals surface area contributed by atoms with Gasteiger partial charge in [-0.3, -0.25) is 47.9 Å². The first-order valence-electron chi connectivity index (χ1n) is 24.2. The third-order valence-corrected chi connectivity index (χ3v) is 17.6. The van der Waals surface area contributed by atoms with Gasteiger partial charge >= 0.3 is 0 Å². The van der Waals surface area contributed by atoms with Gasteiger partial charge in [0, 0.05) is 52.2 Å². The van der Waals surface area contributed by atoms with Gasteiger partial charge in [0.1, 0.15) is 29.2 Å². The van der Waals surface area contributed by atoms with Gasteiger partial charge in [-0.25, -0.2) is 0 Å². The molecule has 4 saturated carbocycles. The lowest BCUT2D eigenvalue weighted by Crippen LogP contribution is -2.76. The number of rotatable bonds is 5. The number of phenols is 1. The van der Waals surface area contributed by atoms with Gasteiger partial charge in [-0.05, 0) is 104 Å². The number of phenolic OH excluding ortho intramolecular Hbond substituents is 1. The molecule has 13 heteroatoms. The highest BCUT2D eigenvalue weighted by Crippen LogP contribution is 2.65. The van der Waals surface area contributed by atoms with Gasteiger partial charge in [-0.1, -0.05) is 85.1 Å². The number of hydrogen-bond donors (Lipinski definition) is 3. The molecule has 3 N–H and O–H groups in total. The molecule has 2 aromatic rings. The summed E-state index contributed by atoms with van der Waals surface area (Å²) in [4.78, 5) is 140. The number of fused-ring (bicyclic) bond motifs is 6. The van der Waals surface area contributed by atoms with Crippen molar-refractivity contribution in [2.75, 3.05) is 0 Å². The zero-order chi connectivity index (χ0) is 51.9. The number of ketones is 10. The standard InChI is InChI=1S/C57H60O13/c1-26(2)40-45(62)37(29(6)58)48(65)56(69)50(67)42-44(61)36-28(5)18-19-31(33(36)22-52(42,8)24-54(40,56)10)16-14-12-13-15-17-32-20-21-35(60)39-34(32)23-53(9)25-55(11)41(27(3)4)46(63)38(30(7)59)49(66)57(55,70)51(68)43(53)47(39)64/h18-21,26-27,37-38,40-43,60,69-70H,12-13,22-25H2,1-11H3/t37?,38?,40?,41?,42?,43?,52-,53-,54-,55-,56+,57+/m1/s1. The molecule has 0 radical (unpaired) electrons. The van der Waals surface area contributed by atoms with Gasteiger partial charge < -0.3 is 15.3 Å². The van der Waals surface area contributed by atoms with Crippen LogP contribution in [0, 0.1) is 99.6 Å². The SMILES string of the molecule is CC(=O)C1C(=O)C(C(C)C)[C@@]2(C)C[C@@]3(C)Cc4c(C#CCCC#Cc5ccc(O)c6c5C[C@]5(C)C[C@]7(C)C(C(C)C)C(=O)C(C(C)=O)C(=O)[C@]7(O)C(=O)C5C6=O)ccc(C)c4C(=O)C3C(=O)[C@@]2(O)C1=O. The van der Waals surface area contributed by atoms with Gasteiger partial charge in [0.25, 0.3) is 0 Å². The number of aliphatic hydroxyl groups is 2. The Morgan fingerprint density at radius 3 is 1.36 bits per heavy atom. The molecule has 13 nitrogen and oxygen atoms in total. The van der Waals surface area contributed by atoms with Crippen LogP contribution in [0.1, 0.15) is 143 Å². The van der Waals surface area contributed by atoms with Crippen LogP contribution in [-0.2, 0) is 51.2 Å². The van der Waals surface area contributed by atoms with E-state index < -0.39 is 144 Å². The molecule has 70 heavy (non-hydrogen) atoms. The molecule has 366 valence electrons. The van der Waals surface area contributed by atoms with Crippen molar-refractivity contribution < 1.29 is 63.3 Å². The molecule has 6 aliphatic rings. The average Bonchev–Trinajstić information content (AvgIpc) is 3.22. The highest BCUT2D eigenvalue weighted by molar-refractivity contribution is 6.34. The smallest absolute Gasteiger partial charge is 0.190 e. The summed E-state index contributed by atoms with van der Waals surface area (Å²) in [5, 5.41) is 35.7. The van der Waals surface area contributed by atoms with Crippen LogP contribution < -0.4 is 0 Å². The first kappa shape index (κ1) is 50.4. The van der Waals surface area contributed by atoms with Crippen molar-refractivity contribution in [3.63, 3.8) is 0 Å². The number of carbonyl (C=O) groups is 10. The molecule has 0 amide bonds. The summed E-state index contributed by atoms with van der Waals surface area (Å²) < 4.78 is 0. The lowest BCUT2D eigenvalue weighted by molar-refractivity contribution is -0.207. The number of aromatic hydroxyl groups is 1. The minimum absolute atomic E-state index is 0.0248. The number of unbranched alkanes of at least 4 members (excludes halogenated alkanes) is 1. The summed E-state index contributed by atoms with van der Waals surface area (Å²) in [5.74, 6) is -6.08. The predicted octanol–water partition coefficient (Wildman–Crippen LogP) is 5.29. The van der Waals surface area contributed by atoms with Crippen LogP contribution in [0.3, 0.4) is 0 Å². The summed E-state index contributed by atoms with van der Waals surface area (Å²) in [6.45, 7) is 17.4. The zero-order valence-corrected chi connectivity index (χ0v) is 41.6. The van der Waals surface area contributed by atoms with E-state index in [9.17, 15) is 63.3 Å². The molecule has 0 aromatic heterocycles. The molecule has 0 heterocycles. The third-order valence-electron chi connectivity index (χ3n) is 17.6. The van der Waals surface area contributed by atoms with E-state index in [-0.39, 0.29) is 49.7 Å². The maximum atomic E-state index is 14.7. The summed E-state index contributed by atoms with van der Waals surface area (Å²) in [6.07, 6.45) is 0.617. The molecule has 6 unspecified atom stereocenters. The van der Waals surface area contributed by atoms with E-state index in [1.54, 1.807) is 73.6 Å². The summed E-state index contributed by atoms with van der Waals surface area (Å²) >= 11 is 0. The fraction of sp³-hybridized carbons (Fsp3) is 0.544. The lowest BCUT2D eigenvalue weighted by atomic mass is 9.39. The summed E-state index contributed by atoms with van der Waals surface area (Å²) in [7, 11) is 0. The van der Waals surface area contributed by atoms with Gasteiger partial charge in [-0.15, -0.1) is 0 Å². The van der Waals surface area contributed by atoms with Crippen LogP contribution >= 0.6 is 0 Å². The Labute approximate surface area is 407 Å². The second-order valence-electron chi connectivity index (χ2n) is 23.0. The molecule has 6 aliphatic carbocycles. The summed E-state index contributed by atoms with van der Waals surface area (Å²) in [6, 6.07) is 6.38. The minimum atomic E-state index is -2.80.